The van der Waals surface area contributed by atoms with Gasteiger partial charge in [-0.15, -0.1) is 0 Å². The standard InChI is InChI=1S/C66H106O6/c1-4-7-10-13-16-18-20-22-23-24-25-26-27-28-29-30-31-32-33-34-35-36-37-38-39-40-41-42-43-44-46-47-50-53-56-59-65(68)71-62-63(61-70-64(67)58-55-52-49-15-12-9-6-3)72-66(69)60-57-54-51-48-45-21-19-17-14-11-8-5-2/h7,10,16-19,22-23,25-26,28-29,31-32,34-35,37-38,40-41,43-44,63H,4-6,8-9,11-15,20-21,24,27,30,33,36,39,42,45-62H2,1-3H3/b10-7-,18-16-,19-17-,23-22-,26-25-,29-28-,32-31-,35-34-,38-37-,41-40-,44-43-. The lowest BCUT2D eigenvalue weighted by atomic mass is 10.1. The van der Waals surface area contributed by atoms with Gasteiger partial charge in [-0.1, -0.05) is 238 Å². The Balaban J connectivity index is 4.17. The monoisotopic (exact) mass is 995 g/mol. The number of rotatable bonds is 51. The second-order valence-corrected chi connectivity index (χ2v) is 18.8. The van der Waals surface area contributed by atoms with Crippen LogP contribution in [0.3, 0.4) is 0 Å². The maximum Gasteiger partial charge on any atom is 0.306 e. The minimum absolute atomic E-state index is 0.0915. The predicted molar refractivity (Wildman–Crippen MR) is 311 cm³/mol. The zero-order chi connectivity index (χ0) is 52.2. The summed E-state index contributed by atoms with van der Waals surface area (Å²) in [6, 6.07) is 0. The molecule has 0 saturated heterocycles. The molecule has 0 aliphatic heterocycles. The maximum atomic E-state index is 12.7. The third-order valence-electron chi connectivity index (χ3n) is 11.9. The molecule has 0 aliphatic carbocycles. The lowest BCUT2D eigenvalue weighted by Gasteiger charge is -2.18. The van der Waals surface area contributed by atoms with Gasteiger partial charge >= 0.3 is 17.9 Å². The Morgan fingerprint density at radius 1 is 0.292 bits per heavy atom. The fraction of sp³-hybridized carbons (Fsp3) is 0.621. The van der Waals surface area contributed by atoms with Crippen molar-refractivity contribution in [2.45, 2.75) is 252 Å². The van der Waals surface area contributed by atoms with E-state index in [0.29, 0.717) is 19.3 Å². The van der Waals surface area contributed by atoms with Gasteiger partial charge in [0.25, 0.3) is 0 Å². The van der Waals surface area contributed by atoms with Crippen LogP contribution < -0.4 is 0 Å². The second kappa shape index (κ2) is 59.1. The molecule has 406 valence electrons. The molecule has 0 radical (unpaired) electrons. The lowest BCUT2D eigenvalue weighted by Crippen LogP contribution is -2.30. The summed E-state index contributed by atoms with van der Waals surface area (Å²) in [5.74, 6) is -0.940. The quantitative estimate of drug-likeness (QED) is 0.0261. The van der Waals surface area contributed by atoms with Gasteiger partial charge in [0.1, 0.15) is 13.2 Å². The summed E-state index contributed by atoms with van der Waals surface area (Å²) in [4.78, 5) is 37.8. The Morgan fingerprint density at radius 2 is 0.542 bits per heavy atom. The molecule has 0 heterocycles. The Labute approximate surface area is 443 Å². The minimum Gasteiger partial charge on any atom is -0.462 e. The fourth-order valence-corrected chi connectivity index (χ4v) is 7.52. The zero-order valence-corrected chi connectivity index (χ0v) is 46.4. The van der Waals surface area contributed by atoms with Crippen molar-refractivity contribution in [2.24, 2.45) is 0 Å². The molecule has 6 heteroatoms. The molecule has 0 aromatic heterocycles. The van der Waals surface area contributed by atoms with Crippen LogP contribution in [-0.2, 0) is 28.6 Å². The molecule has 72 heavy (non-hydrogen) atoms. The van der Waals surface area contributed by atoms with Crippen LogP contribution in [0, 0.1) is 0 Å². The smallest absolute Gasteiger partial charge is 0.306 e. The van der Waals surface area contributed by atoms with Crippen LogP contribution in [0.1, 0.15) is 245 Å². The van der Waals surface area contributed by atoms with Gasteiger partial charge in [-0.25, -0.2) is 0 Å². The van der Waals surface area contributed by atoms with E-state index in [2.05, 4.69) is 154 Å². The summed E-state index contributed by atoms with van der Waals surface area (Å²) in [7, 11) is 0. The zero-order valence-electron chi connectivity index (χ0n) is 46.4. The third kappa shape index (κ3) is 56.5. The largest absolute Gasteiger partial charge is 0.462 e. The van der Waals surface area contributed by atoms with Gasteiger partial charge in [0.15, 0.2) is 6.10 Å². The highest BCUT2D eigenvalue weighted by molar-refractivity contribution is 5.71. The molecule has 0 rings (SSSR count). The Hall–Kier alpha value is -4.45. The fourth-order valence-electron chi connectivity index (χ4n) is 7.52. The van der Waals surface area contributed by atoms with Gasteiger partial charge in [-0.05, 0) is 122 Å². The average Bonchev–Trinajstić information content (AvgIpc) is 3.38. The van der Waals surface area contributed by atoms with Crippen molar-refractivity contribution in [2.75, 3.05) is 13.2 Å². The number of carbonyl (C=O) groups is 3. The molecule has 6 nitrogen and oxygen atoms in total. The lowest BCUT2D eigenvalue weighted by molar-refractivity contribution is -0.167. The first-order valence-corrected chi connectivity index (χ1v) is 29.2. The number of carbonyl (C=O) groups excluding carboxylic acids is 3. The van der Waals surface area contributed by atoms with Gasteiger partial charge in [0.2, 0.25) is 0 Å². The van der Waals surface area contributed by atoms with Crippen molar-refractivity contribution in [3.05, 3.63) is 134 Å². The minimum atomic E-state index is -0.792. The number of ether oxygens (including phenoxy) is 3. The molecule has 1 unspecified atom stereocenters. The van der Waals surface area contributed by atoms with Gasteiger partial charge in [0, 0.05) is 19.3 Å². The summed E-state index contributed by atoms with van der Waals surface area (Å²) in [5.41, 5.74) is 0. The van der Waals surface area contributed by atoms with Gasteiger partial charge in [-0.2, -0.15) is 0 Å². The number of hydrogen-bond donors (Lipinski definition) is 0. The van der Waals surface area contributed by atoms with E-state index in [9.17, 15) is 14.4 Å². The van der Waals surface area contributed by atoms with E-state index in [1.165, 1.54) is 57.8 Å². The summed E-state index contributed by atoms with van der Waals surface area (Å²) in [6.45, 7) is 6.41. The number of unbranched alkanes of at least 4 members (excludes halogenated alkanes) is 18. The third-order valence-corrected chi connectivity index (χ3v) is 11.9. The summed E-state index contributed by atoms with van der Waals surface area (Å²) >= 11 is 0. The Morgan fingerprint density at radius 3 is 0.889 bits per heavy atom. The van der Waals surface area contributed by atoms with E-state index in [4.69, 9.17) is 14.2 Å². The molecule has 0 amide bonds. The molecular formula is C66H106O6. The van der Waals surface area contributed by atoms with Crippen LogP contribution in [0.15, 0.2) is 134 Å². The molecule has 0 aromatic carbocycles. The summed E-state index contributed by atoms with van der Waals surface area (Å²) in [6.07, 6.45) is 83.3. The molecule has 0 N–H and O–H groups in total. The normalized spacial score (nSPS) is 13.1. The number of allylic oxidation sites excluding steroid dienone is 22. The molecule has 0 spiro atoms. The van der Waals surface area contributed by atoms with Crippen LogP contribution >= 0.6 is 0 Å². The average molecular weight is 996 g/mol. The molecule has 0 saturated carbocycles. The van der Waals surface area contributed by atoms with Crippen LogP contribution in [0.4, 0.5) is 0 Å². The molecular weight excluding hydrogens is 889 g/mol. The Bertz CT molecular complexity index is 1560. The van der Waals surface area contributed by atoms with E-state index in [0.717, 1.165) is 148 Å². The number of esters is 3. The van der Waals surface area contributed by atoms with Crippen molar-refractivity contribution in [3.8, 4) is 0 Å². The van der Waals surface area contributed by atoms with Crippen molar-refractivity contribution in [1.29, 1.82) is 0 Å². The SMILES string of the molecule is CC/C=C\C/C=C\C/C=C\C/C=C\C/C=C\C/C=C\C/C=C\C/C=C\C/C=C\C/C=C\CCCCCCC(=O)OCC(COC(=O)CCCCCCCCC)OC(=O)CCCCCCC/C=C\CCCCC. The summed E-state index contributed by atoms with van der Waals surface area (Å²) < 4.78 is 16.7. The van der Waals surface area contributed by atoms with Crippen molar-refractivity contribution in [1.82, 2.24) is 0 Å². The van der Waals surface area contributed by atoms with Gasteiger partial charge in [0.05, 0.1) is 0 Å². The number of hydrogen-bond acceptors (Lipinski definition) is 6. The molecule has 0 fully saturated rings. The first kappa shape index (κ1) is 67.5. The summed E-state index contributed by atoms with van der Waals surface area (Å²) in [5, 5.41) is 0. The molecule has 0 aromatic rings. The van der Waals surface area contributed by atoms with E-state index in [1.807, 2.05) is 0 Å². The van der Waals surface area contributed by atoms with Crippen LogP contribution in [0.5, 0.6) is 0 Å². The van der Waals surface area contributed by atoms with Gasteiger partial charge in [-0.3, -0.25) is 14.4 Å². The predicted octanol–water partition coefficient (Wildman–Crippen LogP) is 19.8. The highest BCUT2D eigenvalue weighted by Gasteiger charge is 2.19. The van der Waals surface area contributed by atoms with E-state index < -0.39 is 6.10 Å². The van der Waals surface area contributed by atoms with Crippen molar-refractivity contribution >= 4 is 17.9 Å². The van der Waals surface area contributed by atoms with Crippen molar-refractivity contribution < 1.29 is 28.6 Å². The van der Waals surface area contributed by atoms with E-state index in [1.54, 1.807) is 0 Å². The van der Waals surface area contributed by atoms with Crippen LogP contribution in [0.2, 0.25) is 0 Å². The first-order chi connectivity index (χ1) is 35.5. The van der Waals surface area contributed by atoms with Gasteiger partial charge < -0.3 is 14.2 Å². The van der Waals surface area contributed by atoms with E-state index >= 15 is 0 Å². The second-order valence-electron chi connectivity index (χ2n) is 18.8. The van der Waals surface area contributed by atoms with Crippen molar-refractivity contribution in [3.63, 3.8) is 0 Å². The molecule has 1 atom stereocenters. The van der Waals surface area contributed by atoms with Crippen LogP contribution in [-0.4, -0.2) is 37.2 Å². The highest BCUT2D eigenvalue weighted by Crippen LogP contribution is 2.13. The topological polar surface area (TPSA) is 78.9 Å². The molecule has 0 aliphatic rings. The highest BCUT2D eigenvalue weighted by atomic mass is 16.6. The molecule has 0 bridgehead atoms. The first-order valence-electron chi connectivity index (χ1n) is 29.2. The Kier molecular flexibility index (Phi) is 55.5. The van der Waals surface area contributed by atoms with Crippen LogP contribution in [0.25, 0.3) is 0 Å². The maximum absolute atomic E-state index is 12.7. The van der Waals surface area contributed by atoms with E-state index in [-0.39, 0.29) is 31.1 Å².